The van der Waals surface area contributed by atoms with Gasteiger partial charge in [0.2, 0.25) is 10.0 Å². The second kappa shape index (κ2) is 8.61. The van der Waals surface area contributed by atoms with Gasteiger partial charge in [-0.15, -0.1) is 0 Å². The molecule has 1 aliphatic heterocycles. The molecular weight excluding hydrogens is 400 g/mol. The number of carbonyl (C=O) groups is 1. The van der Waals surface area contributed by atoms with Gasteiger partial charge >= 0.3 is 0 Å². The highest BCUT2D eigenvalue weighted by molar-refractivity contribution is 7.89. The Labute approximate surface area is 170 Å². The summed E-state index contributed by atoms with van der Waals surface area (Å²) in [4.78, 5) is 12.6. The molecule has 2 aromatic carbocycles. The van der Waals surface area contributed by atoms with Gasteiger partial charge in [0.05, 0.1) is 17.1 Å². The number of carbonyl (C=O) groups excluding carboxylic acids is 1. The summed E-state index contributed by atoms with van der Waals surface area (Å²) in [5.74, 6) is -0.337. The number of halogens is 1. The predicted octanol–water partition coefficient (Wildman–Crippen LogP) is 3.07. The van der Waals surface area contributed by atoms with Crippen LogP contribution < -0.4 is 5.32 Å². The number of morpholine rings is 1. The Morgan fingerprint density at radius 2 is 1.79 bits per heavy atom. The minimum absolute atomic E-state index is 0.105. The molecule has 1 heterocycles. The molecular formula is C20H23ClN2O4S. The molecule has 28 heavy (non-hydrogen) atoms. The fourth-order valence-electron chi connectivity index (χ4n) is 3.16. The zero-order valence-corrected chi connectivity index (χ0v) is 17.3. The van der Waals surface area contributed by atoms with Gasteiger partial charge in [-0.1, -0.05) is 29.8 Å². The molecule has 1 N–H and O–H groups in total. The molecule has 0 aromatic heterocycles. The van der Waals surface area contributed by atoms with Gasteiger partial charge in [-0.3, -0.25) is 4.79 Å². The maximum Gasteiger partial charge on any atom is 0.251 e. The lowest BCUT2D eigenvalue weighted by Crippen LogP contribution is -2.48. The highest BCUT2D eigenvalue weighted by atomic mass is 35.5. The van der Waals surface area contributed by atoms with Crippen LogP contribution in [-0.4, -0.2) is 43.9 Å². The van der Waals surface area contributed by atoms with Gasteiger partial charge < -0.3 is 10.1 Å². The maximum absolute atomic E-state index is 13.0. The first-order chi connectivity index (χ1) is 13.3. The van der Waals surface area contributed by atoms with E-state index in [0.29, 0.717) is 30.2 Å². The first-order valence-electron chi connectivity index (χ1n) is 9.04. The van der Waals surface area contributed by atoms with E-state index in [2.05, 4.69) is 5.32 Å². The van der Waals surface area contributed by atoms with Crippen LogP contribution in [0.1, 0.15) is 29.8 Å². The van der Waals surface area contributed by atoms with Crippen molar-refractivity contribution in [2.45, 2.75) is 37.5 Å². The minimum atomic E-state index is -3.70. The Morgan fingerprint density at radius 3 is 2.43 bits per heavy atom. The fraction of sp³-hybridized carbons (Fsp3) is 0.350. The van der Waals surface area contributed by atoms with E-state index in [0.717, 1.165) is 5.56 Å². The van der Waals surface area contributed by atoms with Crippen molar-refractivity contribution in [1.82, 2.24) is 9.62 Å². The van der Waals surface area contributed by atoms with Crippen LogP contribution >= 0.6 is 11.6 Å². The normalized spacial score (nSPS) is 20.7. The van der Waals surface area contributed by atoms with Crippen LogP contribution in [0.15, 0.2) is 53.4 Å². The van der Waals surface area contributed by atoms with E-state index in [1.807, 2.05) is 26.0 Å². The molecule has 2 aromatic rings. The Kier molecular flexibility index (Phi) is 6.40. The number of ether oxygens (including phenoxy) is 1. The van der Waals surface area contributed by atoms with Gasteiger partial charge in [0.15, 0.2) is 0 Å². The van der Waals surface area contributed by atoms with Crippen LogP contribution in [0.5, 0.6) is 0 Å². The van der Waals surface area contributed by atoms with Crippen molar-refractivity contribution in [1.29, 1.82) is 0 Å². The second-order valence-corrected chi connectivity index (χ2v) is 9.29. The number of nitrogens with zero attached hydrogens (tertiary/aromatic N) is 1. The van der Waals surface area contributed by atoms with Crippen LogP contribution in [0.25, 0.3) is 0 Å². The van der Waals surface area contributed by atoms with E-state index in [9.17, 15) is 13.2 Å². The molecule has 0 aliphatic carbocycles. The Balaban J connectivity index is 1.73. The second-order valence-electron chi connectivity index (χ2n) is 6.92. The van der Waals surface area contributed by atoms with Gasteiger partial charge in [-0.25, -0.2) is 8.42 Å². The van der Waals surface area contributed by atoms with Gasteiger partial charge in [0.25, 0.3) is 5.91 Å². The number of amides is 1. The molecule has 2 unspecified atom stereocenters. The average Bonchev–Trinajstić information content (AvgIpc) is 2.66. The van der Waals surface area contributed by atoms with Crippen molar-refractivity contribution in [3.63, 3.8) is 0 Å². The SMILES string of the molecule is CC1CN(S(=O)(=O)c2cccc(C(=O)NCc3ccc(Cl)cc3)c2)CC(C)O1. The van der Waals surface area contributed by atoms with E-state index in [4.69, 9.17) is 16.3 Å². The number of nitrogens with one attached hydrogen (secondary N) is 1. The summed E-state index contributed by atoms with van der Waals surface area (Å²) in [7, 11) is -3.70. The molecule has 150 valence electrons. The molecule has 0 saturated carbocycles. The number of hydrogen-bond donors (Lipinski definition) is 1. The van der Waals surface area contributed by atoms with E-state index < -0.39 is 10.0 Å². The zero-order valence-electron chi connectivity index (χ0n) is 15.8. The predicted molar refractivity (Wildman–Crippen MR) is 108 cm³/mol. The van der Waals surface area contributed by atoms with Crippen molar-refractivity contribution in [2.75, 3.05) is 13.1 Å². The topological polar surface area (TPSA) is 75.7 Å². The van der Waals surface area contributed by atoms with Crippen LogP contribution in [0.2, 0.25) is 5.02 Å². The highest BCUT2D eigenvalue weighted by Crippen LogP contribution is 2.22. The van der Waals surface area contributed by atoms with Crippen molar-refractivity contribution in [3.8, 4) is 0 Å². The summed E-state index contributed by atoms with van der Waals surface area (Å²) in [5, 5.41) is 3.42. The highest BCUT2D eigenvalue weighted by Gasteiger charge is 2.32. The molecule has 0 radical (unpaired) electrons. The van der Waals surface area contributed by atoms with Crippen LogP contribution in [0.4, 0.5) is 0 Å². The molecule has 0 bridgehead atoms. The van der Waals surface area contributed by atoms with Crippen molar-refractivity contribution >= 4 is 27.5 Å². The monoisotopic (exact) mass is 422 g/mol. The molecule has 1 fully saturated rings. The molecule has 1 saturated heterocycles. The van der Waals surface area contributed by atoms with Crippen molar-refractivity contribution in [3.05, 3.63) is 64.7 Å². The summed E-state index contributed by atoms with van der Waals surface area (Å²) in [6.45, 7) is 4.60. The summed E-state index contributed by atoms with van der Waals surface area (Å²) >= 11 is 5.86. The van der Waals surface area contributed by atoms with Crippen molar-refractivity contribution < 1.29 is 17.9 Å². The van der Waals surface area contributed by atoms with E-state index in [-0.39, 0.29) is 23.0 Å². The lowest BCUT2D eigenvalue weighted by atomic mass is 10.2. The van der Waals surface area contributed by atoms with Gasteiger partial charge in [0, 0.05) is 30.2 Å². The van der Waals surface area contributed by atoms with Gasteiger partial charge in [-0.2, -0.15) is 4.31 Å². The molecule has 0 spiro atoms. The molecule has 1 amide bonds. The van der Waals surface area contributed by atoms with E-state index >= 15 is 0 Å². The third-order valence-corrected chi connectivity index (χ3v) is 6.57. The van der Waals surface area contributed by atoms with Crippen LogP contribution in [0, 0.1) is 0 Å². The zero-order chi connectivity index (χ0) is 20.3. The van der Waals surface area contributed by atoms with E-state index in [1.54, 1.807) is 24.3 Å². The standard InChI is InChI=1S/C20H23ClN2O4S/c1-14-12-23(13-15(2)27-14)28(25,26)19-5-3-4-17(10-19)20(24)22-11-16-6-8-18(21)9-7-16/h3-10,14-15H,11-13H2,1-2H3,(H,22,24). The first kappa shape index (κ1) is 20.8. The van der Waals surface area contributed by atoms with Crippen molar-refractivity contribution in [2.24, 2.45) is 0 Å². The number of benzene rings is 2. The summed E-state index contributed by atoms with van der Waals surface area (Å²) in [5.41, 5.74) is 1.20. The molecule has 8 heteroatoms. The molecule has 6 nitrogen and oxygen atoms in total. The Hall–Kier alpha value is -1.93. The average molecular weight is 423 g/mol. The lowest BCUT2D eigenvalue weighted by Gasteiger charge is -2.34. The number of hydrogen-bond acceptors (Lipinski definition) is 4. The number of sulfonamides is 1. The lowest BCUT2D eigenvalue weighted by molar-refractivity contribution is -0.0440. The maximum atomic E-state index is 13.0. The molecule has 3 rings (SSSR count). The summed E-state index contributed by atoms with van der Waals surface area (Å²) in [6.07, 6.45) is -0.353. The van der Waals surface area contributed by atoms with Crippen LogP contribution in [-0.2, 0) is 21.3 Å². The summed E-state index contributed by atoms with van der Waals surface area (Å²) in [6, 6.07) is 13.3. The van der Waals surface area contributed by atoms with Crippen LogP contribution in [0.3, 0.4) is 0 Å². The summed E-state index contributed by atoms with van der Waals surface area (Å²) < 4.78 is 33.0. The first-order valence-corrected chi connectivity index (χ1v) is 10.9. The quantitative estimate of drug-likeness (QED) is 0.803. The Morgan fingerprint density at radius 1 is 1.14 bits per heavy atom. The molecule has 2 atom stereocenters. The van der Waals surface area contributed by atoms with E-state index in [1.165, 1.54) is 16.4 Å². The third kappa shape index (κ3) is 4.91. The third-order valence-electron chi connectivity index (χ3n) is 4.49. The number of rotatable bonds is 5. The minimum Gasteiger partial charge on any atom is -0.373 e. The van der Waals surface area contributed by atoms with Gasteiger partial charge in [-0.05, 0) is 49.7 Å². The smallest absolute Gasteiger partial charge is 0.251 e. The fourth-order valence-corrected chi connectivity index (χ4v) is 4.92. The Bertz CT molecular complexity index is 937. The van der Waals surface area contributed by atoms with Gasteiger partial charge in [0.1, 0.15) is 0 Å². The largest absolute Gasteiger partial charge is 0.373 e. The molecule has 1 aliphatic rings.